The lowest BCUT2D eigenvalue weighted by Gasteiger charge is -2.26. The zero-order chi connectivity index (χ0) is 13.1. The minimum Gasteiger partial charge on any atom is -0.338 e. The minimum absolute atomic E-state index is 0.0876. The van der Waals surface area contributed by atoms with E-state index in [0.29, 0.717) is 6.04 Å². The van der Waals surface area contributed by atoms with Crippen molar-refractivity contribution in [3.63, 3.8) is 0 Å². The van der Waals surface area contributed by atoms with Crippen molar-refractivity contribution in [2.75, 3.05) is 6.54 Å². The van der Waals surface area contributed by atoms with Crippen LogP contribution in [0.25, 0.3) is 0 Å². The summed E-state index contributed by atoms with van der Waals surface area (Å²) in [7, 11) is 0. The molecule has 1 aromatic carbocycles. The topological polar surface area (TPSA) is 46.3 Å². The normalized spacial score (nSPS) is 21.1. The molecule has 98 valence electrons. The fourth-order valence-electron chi connectivity index (χ4n) is 2.60. The predicted octanol–water partition coefficient (Wildman–Crippen LogP) is 1.88. The summed E-state index contributed by atoms with van der Waals surface area (Å²) < 4.78 is 0. The van der Waals surface area contributed by atoms with Gasteiger partial charge in [-0.25, -0.2) is 0 Å². The molecule has 2 atom stereocenters. The quantitative estimate of drug-likeness (QED) is 0.885. The smallest absolute Gasteiger partial charge is 0.239 e. The Balaban J connectivity index is 2.04. The molecule has 1 unspecified atom stereocenters. The van der Waals surface area contributed by atoms with Gasteiger partial charge in [0.2, 0.25) is 5.91 Å². The molecule has 0 spiro atoms. The van der Waals surface area contributed by atoms with Crippen molar-refractivity contribution >= 4 is 5.91 Å². The lowest BCUT2D eigenvalue weighted by Crippen LogP contribution is -2.45. The number of hydrogen-bond donors (Lipinski definition) is 1. The summed E-state index contributed by atoms with van der Waals surface area (Å²) in [6.45, 7) is 4.71. The third kappa shape index (κ3) is 2.91. The first-order valence-electron chi connectivity index (χ1n) is 6.69. The van der Waals surface area contributed by atoms with E-state index in [0.717, 1.165) is 25.8 Å². The van der Waals surface area contributed by atoms with Crippen LogP contribution in [-0.4, -0.2) is 29.4 Å². The maximum Gasteiger partial charge on any atom is 0.239 e. The number of carbonyl (C=O) groups is 1. The molecule has 18 heavy (non-hydrogen) atoms. The summed E-state index contributed by atoms with van der Waals surface area (Å²) in [6.07, 6.45) is 3.13. The maximum absolute atomic E-state index is 12.0. The van der Waals surface area contributed by atoms with Gasteiger partial charge < -0.3 is 10.6 Å². The first kappa shape index (κ1) is 13.1. The van der Waals surface area contributed by atoms with Crippen molar-refractivity contribution in [3.8, 4) is 0 Å². The second kappa shape index (κ2) is 5.53. The number of amides is 1. The third-order valence-electron chi connectivity index (χ3n) is 3.64. The molecule has 1 aliphatic rings. The third-order valence-corrected chi connectivity index (χ3v) is 3.64. The molecule has 3 heteroatoms. The highest BCUT2D eigenvalue weighted by molar-refractivity contribution is 5.81. The molecule has 1 amide bonds. The van der Waals surface area contributed by atoms with E-state index < -0.39 is 0 Å². The zero-order valence-electron chi connectivity index (χ0n) is 11.2. The van der Waals surface area contributed by atoms with Crippen LogP contribution in [-0.2, 0) is 11.2 Å². The molecule has 1 aliphatic heterocycles. The zero-order valence-corrected chi connectivity index (χ0v) is 11.2. The SMILES string of the molecule is Cc1ccc(CC2CCCN2C(=O)[C@@H](C)N)cc1. The molecular formula is C15H22N2O. The van der Waals surface area contributed by atoms with Gasteiger partial charge in [0.05, 0.1) is 6.04 Å². The standard InChI is InChI=1S/C15H22N2O/c1-11-5-7-13(8-6-11)10-14-4-3-9-17(14)15(18)12(2)16/h5-8,12,14H,3-4,9-10,16H2,1-2H3/t12-,14?/m1/s1. The van der Waals surface area contributed by atoms with Crippen LogP contribution < -0.4 is 5.73 Å². The van der Waals surface area contributed by atoms with Crippen LogP contribution in [0.4, 0.5) is 0 Å². The summed E-state index contributed by atoms with van der Waals surface area (Å²) in [5.41, 5.74) is 8.27. The number of nitrogens with zero attached hydrogens (tertiary/aromatic N) is 1. The molecule has 1 saturated heterocycles. The molecular weight excluding hydrogens is 224 g/mol. The van der Waals surface area contributed by atoms with Gasteiger partial charge in [-0.15, -0.1) is 0 Å². The summed E-state index contributed by atoms with van der Waals surface area (Å²) >= 11 is 0. The Morgan fingerprint density at radius 1 is 1.44 bits per heavy atom. The lowest BCUT2D eigenvalue weighted by atomic mass is 10.0. The van der Waals surface area contributed by atoms with Crippen molar-refractivity contribution in [3.05, 3.63) is 35.4 Å². The minimum atomic E-state index is -0.386. The summed E-state index contributed by atoms with van der Waals surface area (Å²) in [6, 6.07) is 8.50. The van der Waals surface area contributed by atoms with Gasteiger partial charge in [0, 0.05) is 12.6 Å². The summed E-state index contributed by atoms with van der Waals surface area (Å²) in [4.78, 5) is 14.0. The fraction of sp³-hybridized carbons (Fsp3) is 0.533. The van der Waals surface area contributed by atoms with Gasteiger partial charge in [-0.1, -0.05) is 29.8 Å². The van der Waals surface area contributed by atoms with Crippen LogP contribution in [0.3, 0.4) is 0 Å². The van der Waals surface area contributed by atoms with E-state index in [1.807, 2.05) is 4.90 Å². The molecule has 1 aromatic rings. The van der Waals surface area contributed by atoms with Gasteiger partial charge in [0.25, 0.3) is 0 Å². The molecule has 3 nitrogen and oxygen atoms in total. The van der Waals surface area contributed by atoms with Crippen molar-refractivity contribution in [2.45, 2.75) is 45.2 Å². The number of benzene rings is 1. The fourth-order valence-corrected chi connectivity index (χ4v) is 2.60. The van der Waals surface area contributed by atoms with E-state index in [1.165, 1.54) is 11.1 Å². The summed E-state index contributed by atoms with van der Waals surface area (Å²) in [5, 5.41) is 0. The first-order valence-corrected chi connectivity index (χ1v) is 6.69. The van der Waals surface area contributed by atoms with Crippen molar-refractivity contribution in [1.82, 2.24) is 4.90 Å². The molecule has 0 radical (unpaired) electrons. The van der Waals surface area contributed by atoms with Crippen LogP contribution >= 0.6 is 0 Å². The Kier molecular flexibility index (Phi) is 4.02. The highest BCUT2D eigenvalue weighted by Crippen LogP contribution is 2.22. The number of rotatable bonds is 3. The second-order valence-corrected chi connectivity index (χ2v) is 5.31. The average molecular weight is 246 g/mol. The van der Waals surface area contributed by atoms with E-state index in [1.54, 1.807) is 6.92 Å². The van der Waals surface area contributed by atoms with Crippen molar-refractivity contribution in [1.29, 1.82) is 0 Å². The Labute approximate surface area is 109 Å². The largest absolute Gasteiger partial charge is 0.338 e. The molecule has 0 aromatic heterocycles. The summed E-state index contributed by atoms with van der Waals surface area (Å²) in [5.74, 6) is 0.0876. The highest BCUT2D eigenvalue weighted by Gasteiger charge is 2.29. The van der Waals surface area contributed by atoms with Crippen molar-refractivity contribution in [2.24, 2.45) is 5.73 Å². The van der Waals surface area contributed by atoms with E-state index in [-0.39, 0.29) is 11.9 Å². The number of likely N-dealkylation sites (tertiary alicyclic amines) is 1. The Bertz CT molecular complexity index is 411. The lowest BCUT2D eigenvalue weighted by molar-refractivity contribution is -0.132. The van der Waals surface area contributed by atoms with E-state index in [2.05, 4.69) is 31.2 Å². The van der Waals surface area contributed by atoms with E-state index >= 15 is 0 Å². The van der Waals surface area contributed by atoms with Crippen LogP contribution in [0, 0.1) is 6.92 Å². The second-order valence-electron chi connectivity index (χ2n) is 5.31. The van der Waals surface area contributed by atoms with Gasteiger partial charge in [-0.2, -0.15) is 0 Å². The van der Waals surface area contributed by atoms with Crippen molar-refractivity contribution < 1.29 is 4.79 Å². The van der Waals surface area contributed by atoms with Gasteiger partial charge in [0.1, 0.15) is 0 Å². The molecule has 1 heterocycles. The monoisotopic (exact) mass is 246 g/mol. The molecule has 2 rings (SSSR count). The van der Waals surface area contributed by atoms with Gasteiger partial charge in [-0.05, 0) is 38.7 Å². The maximum atomic E-state index is 12.0. The average Bonchev–Trinajstić information content (AvgIpc) is 2.79. The Morgan fingerprint density at radius 2 is 2.11 bits per heavy atom. The number of aryl methyl sites for hydroxylation is 1. The molecule has 2 N–H and O–H groups in total. The van der Waals surface area contributed by atoms with E-state index in [4.69, 9.17) is 5.73 Å². The molecule has 0 aliphatic carbocycles. The number of carbonyl (C=O) groups excluding carboxylic acids is 1. The van der Waals surface area contributed by atoms with Gasteiger partial charge in [0.15, 0.2) is 0 Å². The van der Waals surface area contributed by atoms with E-state index in [9.17, 15) is 4.79 Å². The van der Waals surface area contributed by atoms with Crippen LogP contribution in [0.1, 0.15) is 30.9 Å². The first-order chi connectivity index (χ1) is 8.58. The van der Waals surface area contributed by atoms with Gasteiger partial charge >= 0.3 is 0 Å². The van der Waals surface area contributed by atoms with Gasteiger partial charge in [-0.3, -0.25) is 4.79 Å². The van der Waals surface area contributed by atoms with Crippen LogP contribution in [0.5, 0.6) is 0 Å². The predicted molar refractivity (Wildman–Crippen MR) is 73.3 cm³/mol. The van der Waals surface area contributed by atoms with Crippen LogP contribution in [0.2, 0.25) is 0 Å². The number of nitrogens with two attached hydrogens (primary N) is 1. The Hall–Kier alpha value is -1.35. The number of hydrogen-bond acceptors (Lipinski definition) is 2. The molecule has 1 fully saturated rings. The highest BCUT2D eigenvalue weighted by atomic mass is 16.2. The molecule has 0 saturated carbocycles. The Morgan fingerprint density at radius 3 is 2.72 bits per heavy atom. The molecule has 0 bridgehead atoms. The van der Waals surface area contributed by atoms with Crippen LogP contribution in [0.15, 0.2) is 24.3 Å².